The van der Waals surface area contributed by atoms with Gasteiger partial charge in [-0.1, -0.05) is 0 Å². The van der Waals surface area contributed by atoms with Crippen LogP contribution in [0.15, 0.2) is 24.2 Å². The minimum absolute atomic E-state index is 0.103. The van der Waals surface area contributed by atoms with E-state index in [9.17, 15) is 9.59 Å². The number of Topliss-reactive ketones (excluding diaryl/α,β-unsaturated/α-hetero) is 1. The smallest absolute Gasteiger partial charge is 0.340 e. The molecule has 1 fully saturated rings. The Morgan fingerprint density at radius 2 is 2.21 bits per heavy atom. The molecule has 2 rings (SSSR count). The summed E-state index contributed by atoms with van der Waals surface area (Å²) < 4.78 is 1.68. The van der Waals surface area contributed by atoms with Gasteiger partial charge in [0.25, 0.3) is 0 Å². The fourth-order valence-corrected chi connectivity index (χ4v) is 2.17. The molecule has 19 heavy (non-hydrogen) atoms. The summed E-state index contributed by atoms with van der Waals surface area (Å²) in [6.07, 6.45) is 5.66. The van der Waals surface area contributed by atoms with Gasteiger partial charge in [-0.05, 0) is 17.9 Å². The predicted octanol–water partition coefficient (Wildman–Crippen LogP) is 0.623. The number of carboxylic acids is 1. The van der Waals surface area contributed by atoms with Gasteiger partial charge in [0.15, 0.2) is 5.78 Å². The van der Waals surface area contributed by atoms with Crippen molar-refractivity contribution in [2.75, 3.05) is 14.1 Å². The summed E-state index contributed by atoms with van der Waals surface area (Å²) >= 11 is 0. The number of aryl methyl sites for hydroxylation is 1. The van der Waals surface area contributed by atoms with Crippen LogP contribution in [0.1, 0.15) is 17.9 Å². The zero-order chi connectivity index (χ0) is 14.2. The van der Waals surface area contributed by atoms with E-state index >= 15 is 0 Å². The first-order valence-corrected chi connectivity index (χ1v) is 6.04. The van der Waals surface area contributed by atoms with Gasteiger partial charge in [-0.15, -0.1) is 0 Å². The minimum atomic E-state index is -1.17. The molecule has 1 aromatic heterocycles. The quantitative estimate of drug-likeness (QED) is 0.479. The maximum absolute atomic E-state index is 12.2. The van der Waals surface area contributed by atoms with E-state index in [4.69, 9.17) is 5.11 Å². The zero-order valence-corrected chi connectivity index (χ0v) is 11.2. The minimum Gasteiger partial charge on any atom is -0.478 e. The summed E-state index contributed by atoms with van der Waals surface area (Å²) in [5.41, 5.74) is 0.844. The molecule has 6 nitrogen and oxygen atoms in total. The van der Waals surface area contributed by atoms with E-state index in [2.05, 4.69) is 5.10 Å². The molecule has 1 heterocycles. The fourth-order valence-electron chi connectivity index (χ4n) is 2.17. The summed E-state index contributed by atoms with van der Waals surface area (Å²) in [7, 11) is 5.21. The molecule has 0 spiro atoms. The molecule has 0 radical (unpaired) electrons. The van der Waals surface area contributed by atoms with Gasteiger partial charge in [-0.3, -0.25) is 9.48 Å². The molecule has 102 valence electrons. The fraction of sp³-hybridized carbons (Fsp3) is 0.462. The first-order valence-electron chi connectivity index (χ1n) is 6.04. The molecule has 1 saturated carbocycles. The van der Waals surface area contributed by atoms with E-state index < -0.39 is 5.97 Å². The lowest BCUT2D eigenvalue weighted by Crippen LogP contribution is -2.18. The van der Waals surface area contributed by atoms with Gasteiger partial charge >= 0.3 is 5.97 Å². The molecule has 0 aromatic carbocycles. The molecular formula is C13H17N3O3. The summed E-state index contributed by atoms with van der Waals surface area (Å²) in [5, 5.41) is 13.2. The number of nitrogens with zero attached hydrogens (tertiary/aromatic N) is 3. The van der Waals surface area contributed by atoms with Crippen LogP contribution in [0.4, 0.5) is 0 Å². The third kappa shape index (κ3) is 2.83. The number of ketones is 1. The Balaban J connectivity index is 2.11. The largest absolute Gasteiger partial charge is 0.478 e. The lowest BCUT2D eigenvalue weighted by atomic mass is 10.1. The second kappa shape index (κ2) is 4.87. The molecule has 0 bridgehead atoms. The Hall–Kier alpha value is -2.11. The van der Waals surface area contributed by atoms with Crippen molar-refractivity contribution in [2.45, 2.75) is 12.3 Å². The van der Waals surface area contributed by atoms with E-state index in [1.165, 1.54) is 6.20 Å². The van der Waals surface area contributed by atoms with Crippen molar-refractivity contribution in [2.24, 2.45) is 13.0 Å². The van der Waals surface area contributed by atoms with E-state index in [1.807, 2.05) is 13.2 Å². The van der Waals surface area contributed by atoms with Crippen molar-refractivity contribution in [3.63, 3.8) is 0 Å². The lowest BCUT2D eigenvalue weighted by Gasteiger charge is -2.07. The molecular weight excluding hydrogens is 246 g/mol. The zero-order valence-electron chi connectivity index (χ0n) is 11.2. The van der Waals surface area contributed by atoms with Crippen molar-refractivity contribution in [1.82, 2.24) is 14.7 Å². The van der Waals surface area contributed by atoms with Gasteiger partial charge in [-0.2, -0.15) is 5.10 Å². The highest BCUT2D eigenvalue weighted by molar-refractivity contribution is 6.18. The normalized spacial score (nSPS) is 22.2. The third-order valence-corrected chi connectivity index (χ3v) is 3.16. The maximum Gasteiger partial charge on any atom is 0.340 e. The Morgan fingerprint density at radius 3 is 2.68 bits per heavy atom. The van der Waals surface area contributed by atoms with Crippen molar-refractivity contribution in [3.8, 4) is 0 Å². The Labute approximate surface area is 111 Å². The molecule has 1 aliphatic rings. The SMILES string of the molecule is CN(C)/C=C(/C(=O)O)C(=O)[C@@H]1C[C@H]1c1cnn(C)c1. The maximum atomic E-state index is 12.2. The van der Waals surface area contributed by atoms with Crippen LogP contribution in [0, 0.1) is 5.92 Å². The second-order valence-electron chi connectivity index (χ2n) is 5.07. The number of hydrogen-bond donors (Lipinski definition) is 1. The number of rotatable bonds is 5. The Kier molecular flexibility index (Phi) is 3.42. The molecule has 1 aliphatic carbocycles. The average Bonchev–Trinajstić information content (AvgIpc) is 3.01. The van der Waals surface area contributed by atoms with Crippen molar-refractivity contribution in [1.29, 1.82) is 0 Å². The highest BCUT2D eigenvalue weighted by atomic mass is 16.4. The summed E-state index contributed by atoms with van der Waals surface area (Å²) in [6.45, 7) is 0. The van der Waals surface area contributed by atoms with E-state index in [0.29, 0.717) is 6.42 Å². The highest BCUT2D eigenvalue weighted by Crippen LogP contribution is 2.48. The van der Waals surface area contributed by atoms with Crippen molar-refractivity contribution >= 4 is 11.8 Å². The van der Waals surface area contributed by atoms with Gasteiger partial charge in [0.2, 0.25) is 0 Å². The van der Waals surface area contributed by atoms with Crippen LogP contribution in [-0.2, 0) is 16.6 Å². The summed E-state index contributed by atoms with van der Waals surface area (Å²) in [4.78, 5) is 24.9. The van der Waals surface area contributed by atoms with Crippen LogP contribution in [-0.4, -0.2) is 45.6 Å². The Morgan fingerprint density at radius 1 is 1.53 bits per heavy atom. The van der Waals surface area contributed by atoms with Crippen LogP contribution >= 0.6 is 0 Å². The van der Waals surface area contributed by atoms with Crippen molar-refractivity contribution in [3.05, 3.63) is 29.7 Å². The first kappa shape index (κ1) is 13.3. The second-order valence-corrected chi connectivity index (χ2v) is 5.07. The molecule has 0 amide bonds. The number of carboxylic acid groups (broad SMARTS) is 1. The molecule has 0 saturated heterocycles. The lowest BCUT2D eigenvalue weighted by molar-refractivity contribution is -0.135. The standard InChI is InChI=1S/C13H17N3O3/c1-15(2)7-11(13(18)19)12(17)10-4-9(10)8-5-14-16(3)6-8/h5-7,9-10H,4H2,1-3H3,(H,18,19)/b11-7+/t9-,10+/m0/s1. The van der Waals surface area contributed by atoms with Gasteiger partial charge in [0.05, 0.1) is 6.20 Å². The topological polar surface area (TPSA) is 75.4 Å². The van der Waals surface area contributed by atoms with E-state index in [1.54, 1.807) is 29.9 Å². The monoisotopic (exact) mass is 263 g/mol. The number of carbonyl (C=O) groups is 2. The molecule has 0 aliphatic heterocycles. The Bertz CT molecular complexity index is 545. The van der Waals surface area contributed by atoms with E-state index in [-0.39, 0.29) is 23.2 Å². The summed E-state index contributed by atoms with van der Waals surface area (Å²) in [5.74, 6) is -1.59. The third-order valence-electron chi connectivity index (χ3n) is 3.16. The van der Waals surface area contributed by atoms with Gasteiger partial charge < -0.3 is 10.0 Å². The molecule has 1 N–H and O–H groups in total. The van der Waals surface area contributed by atoms with Gasteiger partial charge in [-0.25, -0.2) is 4.79 Å². The first-order chi connectivity index (χ1) is 8.90. The van der Waals surface area contributed by atoms with E-state index in [0.717, 1.165) is 5.56 Å². The molecule has 2 atom stereocenters. The number of aliphatic carboxylic acids is 1. The number of carbonyl (C=O) groups excluding carboxylic acids is 1. The van der Waals surface area contributed by atoms with Crippen LogP contribution in [0.25, 0.3) is 0 Å². The average molecular weight is 263 g/mol. The van der Waals surface area contributed by atoms with Crippen LogP contribution in [0.2, 0.25) is 0 Å². The van der Waals surface area contributed by atoms with Crippen LogP contribution < -0.4 is 0 Å². The predicted molar refractivity (Wildman–Crippen MR) is 68.5 cm³/mol. The number of aromatic nitrogens is 2. The molecule has 1 aromatic rings. The molecule has 0 unspecified atom stereocenters. The van der Waals surface area contributed by atoms with Crippen molar-refractivity contribution < 1.29 is 14.7 Å². The highest BCUT2D eigenvalue weighted by Gasteiger charge is 2.46. The van der Waals surface area contributed by atoms with Gasteiger partial charge in [0.1, 0.15) is 5.57 Å². The molecule has 6 heteroatoms. The van der Waals surface area contributed by atoms with Crippen LogP contribution in [0.5, 0.6) is 0 Å². The number of hydrogen-bond acceptors (Lipinski definition) is 4. The van der Waals surface area contributed by atoms with Crippen LogP contribution in [0.3, 0.4) is 0 Å². The summed E-state index contributed by atoms with van der Waals surface area (Å²) in [6, 6.07) is 0. The van der Waals surface area contributed by atoms with Gasteiger partial charge in [0, 0.05) is 39.5 Å².